The average molecular weight is 300 g/mol. The Kier molecular flexibility index (Phi) is 4.04. The van der Waals surface area contributed by atoms with Gasteiger partial charge in [0.25, 0.3) is 0 Å². The van der Waals surface area contributed by atoms with E-state index in [9.17, 15) is 0 Å². The monoisotopic (exact) mass is 300 g/mol. The van der Waals surface area contributed by atoms with Gasteiger partial charge in [0.2, 0.25) is 5.88 Å². The van der Waals surface area contributed by atoms with Crippen molar-refractivity contribution in [3.63, 3.8) is 0 Å². The maximum atomic E-state index is 5.16. The first kappa shape index (κ1) is 14.5. The van der Waals surface area contributed by atoms with Gasteiger partial charge in [0.05, 0.1) is 7.11 Å². The van der Waals surface area contributed by atoms with E-state index in [2.05, 4.69) is 29.7 Å². The van der Waals surface area contributed by atoms with E-state index in [0.717, 1.165) is 49.3 Å². The molecule has 2 aromatic rings. The molecule has 0 radical (unpaired) electrons. The van der Waals surface area contributed by atoms with Gasteiger partial charge in [-0.1, -0.05) is 0 Å². The second-order valence-electron chi connectivity index (χ2n) is 5.31. The molecule has 1 aliphatic rings. The third-order valence-corrected chi connectivity index (χ3v) is 3.72. The number of hydrogen-bond acceptors (Lipinski definition) is 7. The molecule has 22 heavy (non-hydrogen) atoms. The van der Waals surface area contributed by atoms with Gasteiger partial charge in [-0.2, -0.15) is 0 Å². The van der Waals surface area contributed by atoms with Gasteiger partial charge in [-0.3, -0.25) is 0 Å². The molecule has 0 amide bonds. The van der Waals surface area contributed by atoms with Crippen LogP contribution in [0.4, 0.5) is 11.6 Å². The first-order chi connectivity index (χ1) is 10.7. The Morgan fingerprint density at radius 2 is 1.59 bits per heavy atom. The third-order valence-electron chi connectivity index (χ3n) is 3.72. The topological polar surface area (TPSA) is 67.3 Å². The second-order valence-corrected chi connectivity index (χ2v) is 5.31. The third kappa shape index (κ3) is 3.08. The summed E-state index contributed by atoms with van der Waals surface area (Å²) in [6.45, 7) is 7.52. The fourth-order valence-corrected chi connectivity index (χ4v) is 2.64. The molecular formula is C15H20N6O. The summed E-state index contributed by atoms with van der Waals surface area (Å²) in [7, 11) is 1.61. The van der Waals surface area contributed by atoms with Gasteiger partial charge in [-0.05, 0) is 13.8 Å². The zero-order valence-electron chi connectivity index (χ0n) is 13.2. The van der Waals surface area contributed by atoms with Crippen molar-refractivity contribution in [3.8, 4) is 5.88 Å². The van der Waals surface area contributed by atoms with Crippen LogP contribution in [0.3, 0.4) is 0 Å². The molecule has 0 spiro atoms. The number of nitrogens with zero attached hydrogens (tertiary/aromatic N) is 6. The molecule has 0 unspecified atom stereocenters. The van der Waals surface area contributed by atoms with Gasteiger partial charge >= 0.3 is 0 Å². The predicted molar refractivity (Wildman–Crippen MR) is 84.5 cm³/mol. The molecule has 0 saturated carbocycles. The van der Waals surface area contributed by atoms with Crippen LogP contribution in [-0.4, -0.2) is 53.2 Å². The molecule has 1 saturated heterocycles. The van der Waals surface area contributed by atoms with Crippen LogP contribution < -0.4 is 14.5 Å². The number of hydrogen-bond donors (Lipinski definition) is 0. The van der Waals surface area contributed by atoms with Gasteiger partial charge in [0.15, 0.2) is 0 Å². The normalized spacial score (nSPS) is 15.0. The molecule has 3 heterocycles. The highest BCUT2D eigenvalue weighted by atomic mass is 16.5. The molecule has 0 aliphatic carbocycles. The van der Waals surface area contributed by atoms with Crippen molar-refractivity contribution in [2.45, 2.75) is 13.8 Å². The molecule has 116 valence electrons. The van der Waals surface area contributed by atoms with Crippen LogP contribution in [0.5, 0.6) is 5.88 Å². The highest BCUT2D eigenvalue weighted by Gasteiger charge is 2.20. The van der Waals surface area contributed by atoms with Gasteiger partial charge in [0, 0.05) is 44.0 Å². The van der Waals surface area contributed by atoms with Crippen LogP contribution in [0.1, 0.15) is 11.5 Å². The fourth-order valence-electron chi connectivity index (χ4n) is 2.64. The quantitative estimate of drug-likeness (QED) is 0.844. The summed E-state index contributed by atoms with van der Waals surface area (Å²) in [5, 5.41) is 0. The molecule has 7 nitrogen and oxygen atoms in total. The van der Waals surface area contributed by atoms with E-state index < -0.39 is 0 Å². The maximum absolute atomic E-state index is 5.16. The summed E-state index contributed by atoms with van der Waals surface area (Å²) >= 11 is 0. The number of piperazine rings is 1. The first-order valence-corrected chi connectivity index (χ1v) is 7.34. The lowest BCUT2D eigenvalue weighted by molar-refractivity contribution is 0.396. The Hall–Kier alpha value is -2.44. The number of aryl methyl sites for hydroxylation is 2. The fraction of sp³-hybridized carbons (Fsp3) is 0.467. The highest BCUT2D eigenvalue weighted by molar-refractivity contribution is 5.46. The van der Waals surface area contributed by atoms with E-state index in [-0.39, 0.29) is 0 Å². The Balaban J connectivity index is 1.69. The van der Waals surface area contributed by atoms with Gasteiger partial charge in [0.1, 0.15) is 23.8 Å². The largest absolute Gasteiger partial charge is 0.481 e. The van der Waals surface area contributed by atoms with Crippen LogP contribution >= 0.6 is 0 Å². The minimum absolute atomic E-state index is 0.592. The van der Waals surface area contributed by atoms with Crippen LogP contribution in [0.2, 0.25) is 0 Å². The van der Waals surface area contributed by atoms with E-state index in [1.54, 1.807) is 7.11 Å². The summed E-state index contributed by atoms with van der Waals surface area (Å²) in [6, 6.07) is 3.91. The Morgan fingerprint density at radius 1 is 0.909 bits per heavy atom. The molecule has 0 N–H and O–H groups in total. The highest BCUT2D eigenvalue weighted by Crippen LogP contribution is 2.20. The number of aromatic nitrogens is 4. The number of methoxy groups -OCH3 is 1. The predicted octanol–water partition coefficient (Wildman–Crippen LogP) is 1.22. The van der Waals surface area contributed by atoms with Crippen LogP contribution in [0, 0.1) is 13.8 Å². The van der Waals surface area contributed by atoms with Crippen molar-refractivity contribution in [3.05, 3.63) is 30.0 Å². The summed E-state index contributed by atoms with van der Waals surface area (Å²) in [4.78, 5) is 21.8. The summed E-state index contributed by atoms with van der Waals surface area (Å²) in [5.74, 6) is 3.32. The zero-order chi connectivity index (χ0) is 15.5. The van der Waals surface area contributed by atoms with E-state index >= 15 is 0 Å². The van der Waals surface area contributed by atoms with Crippen LogP contribution in [0.15, 0.2) is 18.5 Å². The van der Waals surface area contributed by atoms with E-state index in [4.69, 9.17) is 4.74 Å². The SMILES string of the molecule is COc1cc(N2CCN(c3cc(C)nc(C)n3)CC2)ncn1. The van der Waals surface area contributed by atoms with Crippen molar-refractivity contribution in [2.75, 3.05) is 43.1 Å². The van der Waals surface area contributed by atoms with Crippen molar-refractivity contribution in [1.82, 2.24) is 19.9 Å². The molecule has 0 aromatic carbocycles. The lowest BCUT2D eigenvalue weighted by Gasteiger charge is -2.36. The maximum Gasteiger partial charge on any atom is 0.218 e. The van der Waals surface area contributed by atoms with E-state index in [0.29, 0.717) is 5.88 Å². The van der Waals surface area contributed by atoms with Crippen molar-refractivity contribution < 1.29 is 4.74 Å². The summed E-state index contributed by atoms with van der Waals surface area (Å²) in [5.41, 5.74) is 1.01. The molecule has 0 bridgehead atoms. The van der Waals surface area contributed by atoms with Gasteiger partial charge in [-0.25, -0.2) is 19.9 Å². The van der Waals surface area contributed by atoms with Crippen molar-refractivity contribution >= 4 is 11.6 Å². The number of ether oxygens (including phenoxy) is 1. The summed E-state index contributed by atoms with van der Waals surface area (Å²) in [6.07, 6.45) is 1.54. The van der Waals surface area contributed by atoms with Gasteiger partial charge < -0.3 is 14.5 Å². The van der Waals surface area contributed by atoms with E-state index in [1.165, 1.54) is 6.33 Å². The molecule has 3 rings (SSSR count). The molecule has 1 fully saturated rings. The lowest BCUT2D eigenvalue weighted by Crippen LogP contribution is -2.47. The molecule has 7 heteroatoms. The van der Waals surface area contributed by atoms with Crippen LogP contribution in [0.25, 0.3) is 0 Å². The van der Waals surface area contributed by atoms with Gasteiger partial charge in [-0.15, -0.1) is 0 Å². The molecular weight excluding hydrogens is 280 g/mol. The standard InChI is InChI=1S/C15H20N6O/c1-11-8-14(19-12(2)18-11)21-6-4-20(5-7-21)13-9-15(22-3)17-10-16-13/h8-10H,4-7H2,1-3H3. The van der Waals surface area contributed by atoms with Crippen LogP contribution in [-0.2, 0) is 0 Å². The van der Waals surface area contributed by atoms with E-state index in [1.807, 2.05) is 26.0 Å². The second kappa shape index (κ2) is 6.13. The number of rotatable bonds is 3. The zero-order valence-corrected chi connectivity index (χ0v) is 13.2. The Morgan fingerprint density at radius 3 is 2.23 bits per heavy atom. The average Bonchev–Trinajstić information content (AvgIpc) is 2.54. The number of anilines is 2. The minimum atomic E-state index is 0.592. The Bertz CT molecular complexity index is 634. The van der Waals surface area contributed by atoms with Crippen molar-refractivity contribution in [2.24, 2.45) is 0 Å². The summed E-state index contributed by atoms with van der Waals surface area (Å²) < 4.78 is 5.16. The molecule has 2 aromatic heterocycles. The lowest BCUT2D eigenvalue weighted by atomic mass is 10.3. The Labute approximate surface area is 130 Å². The minimum Gasteiger partial charge on any atom is -0.481 e. The molecule has 0 atom stereocenters. The molecule has 1 aliphatic heterocycles. The first-order valence-electron chi connectivity index (χ1n) is 7.34. The smallest absolute Gasteiger partial charge is 0.218 e. The van der Waals surface area contributed by atoms with Crippen molar-refractivity contribution in [1.29, 1.82) is 0 Å².